The van der Waals surface area contributed by atoms with E-state index in [2.05, 4.69) is 30.3 Å². The van der Waals surface area contributed by atoms with E-state index in [1.165, 1.54) is 5.56 Å². The summed E-state index contributed by atoms with van der Waals surface area (Å²) in [5.74, 6) is -0.919. The van der Waals surface area contributed by atoms with E-state index in [-0.39, 0.29) is 5.92 Å². The van der Waals surface area contributed by atoms with E-state index in [4.69, 9.17) is 5.26 Å². The molecule has 2 aromatic carbocycles. The Bertz CT molecular complexity index is 910. The highest BCUT2D eigenvalue weighted by molar-refractivity contribution is 6.02. The van der Waals surface area contributed by atoms with E-state index >= 15 is 0 Å². The van der Waals surface area contributed by atoms with Crippen molar-refractivity contribution in [1.82, 2.24) is 0 Å². The van der Waals surface area contributed by atoms with Crippen LogP contribution in [0, 0.1) is 24.2 Å². The minimum Gasteiger partial charge on any atom is -0.478 e. The zero-order valence-electron chi connectivity index (χ0n) is 14.3. The molecular weight excluding hydrogens is 310 g/mol. The first-order valence-electron chi connectivity index (χ1n) is 8.25. The van der Waals surface area contributed by atoms with Crippen LogP contribution in [0.25, 0.3) is 11.1 Å². The van der Waals surface area contributed by atoms with Crippen LogP contribution >= 0.6 is 0 Å². The zero-order chi connectivity index (χ0) is 18.0. The van der Waals surface area contributed by atoms with Gasteiger partial charge < -0.3 is 5.11 Å². The molecule has 0 aromatic heterocycles. The first kappa shape index (κ1) is 16.7. The van der Waals surface area contributed by atoms with Crippen molar-refractivity contribution < 1.29 is 9.90 Å². The Hall–Kier alpha value is -3.12. The fraction of sp³-hybridized carbons (Fsp3) is 0.182. The van der Waals surface area contributed by atoms with Gasteiger partial charge in [0.1, 0.15) is 0 Å². The van der Waals surface area contributed by atoms with Crippen LogP contribution < -0.4 is 0 Å². The van der Waals surface area contributed by atoms with Gasteiger partial charge in [-0.3, -0.25) is 0 Å². The second-order valence-corrected chi connectivity index (χ2v) is 6.46. The average Bonchev–Trinajstić information content (AvgIpc) is 2.62. The van der Waals surface area contributed by atoms with Crippen molar-refractivity contribution in [2.75, 3.05) is 0 Å². The van der Waals surface area contributed by atoms with Crippen LogP contribution in [-0.2, 0) is 4.79 Å². The first-order chi connectivity index (χ1) is 12.0. The van der Waals surface area contributed by atoms with Crippen LogP contribution in [0.5, 0.6) is 0 Å². The van der Waals surface area contributed by atoms with Crippen LogP contribution in [0.15, 0.2) is 60.2 Å². The van der Waals surface area contributed by atoms with Crippen molar-refractivity contribution in [2.45, 2.75) is 20.3 Å². The molecule has 124 valence electrons. The number of nitriles is 1. The van der Waals surface area contributed by atoms with Crippen molar-refractivity contribution in [3.8, 4) is 6.07 Å². The molecule has 0 spiro atoms. The lowest BCUT2D eigenvalue weighted by atomic mass is 9.79. The van der Waals surface area contributed by atoms with Crippen molar-refractivity contribution in [1.29, 1.82) is 5.26 Å². The van der Waals surface area contributed by atoms with Crippen LogP contribution in [0.2, 0.25) is 0 Å². The molecule has 3 rings (SSSR count). The topological polar surface area (TPSA) is 61.1 Å². The number of hydrogen-bond acceptors (Lipinski definition) is 2. The number of carboxylic acid groups (broad SMARTS) is 1. The summed E-state index contributed by atoms with van der Waals surface area (Å²) >= 11 is 0. The Kier molecular flexibility index (Phi) is 4.54. The molecule has 1 atom stereocenters. The normalized spacial score (nSPS) is 17.0. The fourth-order valence-electron chi connectivity index (χ4n) is 3.19. The SMILES string of the molecule is Cc1ccc(C2=C(c3ccc(C#N)cc3)C=C(C(=O)O)C(C)C2)cc1. The summed E-state index contributed by atoms with van der Waals surface area (Å²) in [6.45, 7) is 4.00. The molecule has 0 aliphatic heterocycles. The Morgan fingerprint density at radius 3 is 2.24 bits per heavy atom. The van der Waals surface area contributed by atoms with E-state index in [0.29, 0.717) is 17.6 Å². The highest BCUT2D eigenvalue weighted by Gasteiger charge is 2.25. The van der Waals surface area contributed by atoms with E-state index in [1.54, 1.807) is 18.2 Å². The molecule has 0 radical (unpaired) electrons. The Morgan fingerprint density at radius 2 is 1.68 bits per heavy atom. The number of rotatable bonds is 3. The minimum atomic E-state index is -0.874. The number of carbonyl (C=O) groups is 1. The number of aryl methyl sites for hydroxylation is 1. The van der Waals surface area contributed by atoms with Crippen molar-refractivity contribution >= 4 is 17.1 Å². The van der Waals surface area contributed by atoms with E-state index < -0.39 is 5.97 Å². The lowest BCUT2D eigenvalue weighted by Crippen LogP contribution is -2.15. The molecule has 25 heavy (non-hydrogen) atoms. The number of hydrogen-bond donors (Lipinski definition) is 1. The van der Waals surface area contributed by atoms with Crippen molar-refractivity contribution in [3.63, 3.8) is 0 Å². The van der Waals surface area contributed by atoms with E-state index in [0.717, 1.165) is 22.3 Å². The number of allylic oxidation sites excluding steroid dienone is 3. The predicted molar refractivity (Wildman–Crippen MR) is 98.6 cm³/mol. The lowest BCUT2D eigenvalue weighted by Gasteiger charge is -2.24. The quantitative estimate of drug-likeness (QED) is 0.877. The van der Waals surface area contributed by atoms with Gasteiger partial charge in [0.25, 0.3) is 0 Å². The number of benzene rings is 2. The van der Waals surface area contributed by atoms with Gasteiger partial charge in [-0.15, -0.1) is 0 Å². The third-order valence-corrected chi connectivity index (χ3v) is 4.64. The van der Waals surface area contributed by atoms with Gasteiger partial charge in [0.15, 0.2) is 0 Å². The van der Waals surface area contributed by atoms with Crippen LogP contribution in [0.4, 0.5) is 0 Å². The van der Waals surface area contributed by atoms with Crippen molar-refractivity contribution in [3.05, 3.63) is 82.4 Å². The van der Waals surface area contributed by atoms with Gasteiger partial charge in [-0.1, -0.05) is 48.9 Å². The Labute approximate surface area is 147 Å². The van der Waals surface area contributed by atoms with Gasteiger partial charge in [0.05, 0.1) is 11.6 Å². The summed E-state index contributed by atoms with van der Waals surface area (Å²) in [6.07, 6.45) is 2.46. The van der Waals surface area contributed by atoms with Gasteiger partial charge in [-0.05, 0) is 59.7 Å². The van der Waals surface area contributed by atoms with Gasteiger partial charge >= 0.3 is 5.97 Å². The second-order valence-electron chi connectivity index (χ2n) is 6.46. The number of aliphatic carboxylic acids is 1. The molecule has 1 N–H and O–H groups in total. The molecule has 3 nitrogen and oxygen atoms in total. The summed E-state index contributed by atoms with van der Waals surface area (Å²) in [6, 6.07) is 17.7. The van der Waals surface area contributed by atoms with E-state index in [9.17, 15) is 9.90 Å². The van der Waals surface area contributed by atoms with E-state index in [1.807, 2.05) is 26.0 Å². The summed E-state index contributed by atoms with van der Waals surface area (Å²) < 4.78 is 0. The third-order valence-electron chi connectivity index (χ3n) is 4.64. The number of carboxylic acids is 1. The molecule has 0 saturated carbocycles. The van der Waals surface area contributed by atoms with Crippen LogP contribution in [0.3, 0.4) is 0 Å². The van der Waals surface area contributed by atoms with Gasteiger partial charge in [-0.25, -0.2) is 4.79 Å². The van der Waals surface area contributed by atoms with Crippen LogP contribution in [-0.4, -0.2) is 11.1 Å². The predicted octanol–water partition coefficient (Wildman–Crippen LogP) is 4.83. The fourth-order valence-corrected chi connectivity index (χ4v) is 3.19. The average molecular weight is 329 g/mol. The molecular formula is C22H19NO2. The molecule has 2 aromatic rings. The summed E-state index contributed by atoms with van der Waals surface area (Å²) in [5.41, 5.74) is 6.31. The molecule has 0 fully saturated rings. The molecule has 0 saturated heterocycles. The Balaban J connectivity index is 2.19. The molecule has 1 aliphatic rings. The largest absolute Gasteiger partial charge is 0.478 e. The highest BCUT2D eigenvalue weighted by Crippen LogP contribution is 2.39. The van der Waals surface area contributed by atoms with Gasteiger partial charge in [-0.2, -0.15) is 5.26 Å². The molecule has 0 amide bonds. The minimum absolute atomic E-state index is 0.0454. The smallest absolute Gasteiger partial charge is 0.331 e. The molecule has 0 bridgehead atoms. The molecule has 1 unspecified atom stereocenters. The summed E-state index contributed by atoms with van der Waals surface area (Å²) in [7, 11) is 0. The number of nitrogens with zero attached hydrogens (tertiary/aromatic N) is 1. The lowest BCUT2D eigenvalue weighted by molar-refractivity contribution is -0.133. The second kappa shape index (κ2) is 6.78. The maximum Gasteiger partial charge on any atom is 0.331 e. The monoisotopic (exact) mass is 329 g/mol. The van der Waals surface area contributed by atoms with Gasteiger partial charge in [0.2, 0.25) is 0 Å². The van der Waals surface area contributed by atoms with Crippen LogP contribution in [0.1, 0.15) is 35.6 Å². The maximum absolute atomic E-state index is 11.6. The van der Waals surface area contributed by atoms with Gasteiger partial charge in [0, 0.05) is 5.57 Å². The summed E-state index contributed by atoms with van der Waals surface area (Å²) in [4.78, 5) is 11.6. The Morgan fingerprint density at radius 1 is 1.08 bits per heavy atom. The molecule has 0 heterocycles. The zero-order valence-corrected chi connectivity index (χ0v) is 14.3. The summed E-state index contributed by atoms with van der Waals surface area (Å²) in [5, 5.41) is 18.5. The standard InChI is InChI=1S/C22H19NO2/c1-14-3-7-17(8-4-14)20-11-15(2)19(22(24)25)12-21(20)18-9-5-16(13-23)6-10-18/h3-10,12,15H,11H2,1-2H3,(H,24,25). The maximum atomic E-state index is 11.6. The molecule has 3 heteroatoms. The van der Waals surface area contributed by atoms with Crippen molar-refractivity contribution in [2.24, 2.45) is 5.92 Å². The molecule has 1 aliphatic carbocycles. The highest BCUT2D eigenvalue weighted by atomic mass is 16.4. The third kappa shape index (κ3) is 3.39. The first-order valence-corrected chi connectivity index (χ1v) is 8.25.